The number of methoxy groups -OCH3 is 1. The topological polar surface area (TPSA) is 52.1 Å². The zero-order valence-corrected chi connectivity index (χ0v) is 10.4. The molecule has 0 N–H and O–H groups in total. The normalized spacial score (nSPS) is 11.4. The van der Waals surface area contributed by atoms with Crippen LogP contribution in [-0.4, -0.2) is 23.0 Å². The molecule has 100 valence electrons. The van der Waals surface area contributed by atoms with Crippen molar-refractivity contribution in [1.82, 2.24) is 9.97 Å². The minimum Gasteiger partial charge on any atom is -0.464 e. The molecule has 0 radical (unpaired) electrons. The van der Waals surface area contributed by atoms with Gasteiger partial charge in [0.05, 0.1) is 12.7 Å². The van der Waals surface area contributed by atoms with Crippen LogP contribution < -0.4 is 0 Å². The van der Waals surface area contributed by atoms with Crippen molar-refractivity contribution in [3.05, 3.63) is 35.1 Å². The number of halogens is 3. The Bertz CT molecular complexity index is 610. The van der Waals surface area contributed by atoms with Crippen LogP contribution in [-0.2, 0) is 10.9 Å². The third kappa shape index (κ3) is 2.73. The summed E-state index contributed by atoms with van der Waals surface area (Å²) in [6, 6.07) is 0.870. The molecule has 0 saturated carbocycles. The number of ether oxygens (including phenoxy) is 1. The van der Waals surface area contributed by atoms with Gasteiger partial charge in [0, 0.05) is 23.3 Å². The Morgan fingerprint density at radius 1 is 1.42 bits per heavy atom. The van der Waals surface area contributed by atoms with Crippen LogP contribution in [0.4, 0.5) is 13.2 Å². The number of nitrogens with zero attached hydrogens (tertiary/aromatic N) is 2. The van der Waals surface area contributed by atoms with Gasteiger partial charge in [-0.3, -0.25) is 4.98 Å². The summed E-state index contributed by atoms with van der Waals surface area (Å²) in [5.74, 6) is -0.694. The Balaban J connectivity index is 2.48. The molecule has 2 aromatic rings. The van der Waals surface area contributed by atoms with Crippen LogP contribution >= 0.6 is 11.3 Å². The van der Waals surface area contributed by atoms with Gasteiger partial charge in [0.1, 0.15) is 5.01 Å². The number of hydrogen-bond donors (Lipinski definition) is 0. The molecule has 8 heteroatoms. The van der Waals surface area contributed by atoms with E-state index < -0.39 is 17.7 Å². The van der Waals surface area contributed by atoms with Crippen LogP contribution in [0.2, 0.25) is 0 Å². The van der Waals surface area contributed by atoms with E-state index in [1.165, 1.54) is 12.5 Å². The summed E-state index contributed by atoms with van der Waals surface area (Å²) in [4.78, 5) is 18.7. The fraction of sp³-hybridized carbons (Fsp3) is 0.182. The van der Waals surface area contributed by atoms with Gasteiger partial charge in [0.15, 0.2) is 5.69 Å². The smallest absolute Gasteiger partial charge is 0.417 e. The molecule has 0 aliphatic carbocycles. The summed E-state index contributed by atoms with van der Waals surface area (Å²) >= 11 is 0.925. The predicted molar refractivity (Wildman–Crippen MR) is 61.7 cm³/mol. The molecule has 0 amide bonds. The minimum atomic E-state index is -4.50. The maximum absolute atomic E-state index is 12.8. The third-order valence-corrected chi connectivity index (χ3v) is 3.13. The number of carbonyl (C=O) groups excluding carboxylic acids is 1. The Morgan fingerprint density at radius 3 is 2.79 bits per heavy atom. The van der Waals surface area contributed by atoms with E-state index in [0.717, 1.165) is 29.8 Å². The van der Waals surface area contributed by atoms with E-state index in [0.29, 0.717) is 0 Å². The van der Waals surface area contributed by atoms with Gasteiger partial charge in [0.2, 0.25) is 0 Å². The van der Waals surface area contributed by atoms with Crippen molar-refractivity contribution in [3.8, 4) is 10.6 Å². The second-order valence-electron chi connectivity index (χ2n) is 3.45. The van der Waals surface area contributed by atoms with Crippen LogP contribution in [0.15, 0.2) is 23.8 Å². The molecule has 2 aromatic heterocycles. The van der Waals surface area contributed by atoms with Crippen molar-refractivity contribution < 1.29 is 22.7 Å². The van der Waals surface area contributed by atoms with Crippen LogP contribution in [0.1, 0.15) is 16.1 Å². The number of esters is 1. The van der Waals surface area contributed by atoms with Gasteiger partial charge in [0.25, 0.3) is 0 Å². The van der Waals surface area contributed by atoms with Crippen LogP contribution in [0.25, 0.3) is 10.6 Å². The zero-order chi connectivity index (χ0) is 14.0. The molecule has 0 saturated heterocycles. The molecule has 0 aliphatic rings. The number of hydrogen-bond acceptors (Lipinski definition) is 5. The van der Waals surface area contributed by atoms with E-state index in [2.05, 4.69) is 14.7 Å². The van der Waals surface area contributed by atoms with Crippen LogP contribution in [0.3, 0.4) is 0 Å². The molecule has 0 spiro atoms. The molecule has 2 heterocycles. The molecule has 0 bridgehead atoms. The largest absolute Gasteiger partial charge is 0.464 e. The molecule has 0 atom stereocenters. The summed E-state index contributed by atoms with van der Waals surface area (Å²) in [5.41, 5.74) is -1.03. The molecule has 19 heavy (non-hydrogen) atoms. The van der Waals surface area contributed by atoms with E-state index in [-0.39, 0.29) is 16.3 Å². The first-order valence-corrected chi connectivity index (χ1v) is 5.87. The molecule has 0 unspecified atom stereocenters. The van der Waals surface area contributed by atoms with E-state index in [1.54, 1.807) is 0 Å². The van der Waals surface area contributed by atoms with Gasteiger partial charge in [-0.15, -0.1) is 11.3 Å². The summed E-state index contributed by atoms with van der Waals surface area (Å²) in [6.45, 7) is 0. The molecule has 0 aliphatic heterocycles. The third-order valence-electron chi connectivity index (χ3n) is 2.26. The molecule has 4 nitrogen and oxygen atoms in total. The number of aromatic nitrogens is 2. The highest BCUT2D eigenvalue weighted by Gasteiger charge is 2.34. The van der Waals surface area contributed by atoms with Crippen molar-refractivity contribution in [1.29, 1.82) is 0 Å². The Morgan fingerprint density at radius 2 is 2.16 bits per heavy atom. The molecule has 2 rings (SSSR count). The number of pyridine rings is 1. The van der Waals surface area contributed by atoms with Gasteiger partial charge in [-0.05, 0) is 6.07 Å². The number of rotatable bonds is 2. The number of alkyl halides is 3. The van der Waals surface area contributed by atoms with Crippen molar-refractivity contribution >= 4 is 17.3 Å². The fourth-order valence-electron chi connectivity index (χ4n) is 1.41. The highest BCUT2D eigenvalue weighted by molar-refractivity contribution is 7.13. The number of thiazole rings is 1. The lowest BCUT2D eigenvalue weighted by Gasteiger charge is -2.09. The Hall–Kier alpha value is -1.96. The molecule has 0 fully saturated rings. The minimum absolute atomic E-state index is 0.0283. The first-order valence-electron chi connectivity index (χ1n) is 4.99. The zero-order valence-electron chi connectivity index (χ0n) is 9.56. The van der Waals surface area contributed by atoms with Crippen molar-refractivity contribution in [2.45, 2.75) is 6.18 Å². The van der Waals surface area contributed by atoms with E-state index >= 15 is 0 Å². The maximum atomic E-state index is 12.8. The van der Waals surface area contributed by atoms with E-state index in [4.69, 9.17) is 0 Å². The lowest BCUT2D eigenvalue weighted by molar-refractivity contribution is -0.137. The van der Waals surface area contributed by atoms with E-state index in [9.17, 15) is 18.0 Å². The SMILES string of the molecule is COC(=O)c1csc(-c2cnccc2C(F)(F)F)n1. The molecule has 0 aromatic carbocycles. The summed E-state index contributed by atoms with van der Waals surface area (Å²) in [5, 5.41) is 1.41. The lowest BCUT2D eigenvalue weighted by atomic mass is 10.1. The summed E-state index contributed by atoms with van der Waals surface area (Å²) < 4.78 is 42.9. The van der Waals surface area contributed by atoms with Crippen molar-refractivity contribution in [2.24, 2.45) is 0 Å². The quantitative estimate of drug-likeness (QED) is 0.797. The Kier molecular flexibility index (Phi) is 3.52. The highest BCUT2D eigenvalue weighted by Crippen LogP contribution is 2.37. The lowest BCUT2D eigenvalue weighted by Crippen LogP contribution is -2.07. The highest BCUT2D eigenvalue weighted by atomic mass is 32.1. The van der Waals surface area contributed by atoms with Crippen LogP contribution in [0, 0.1) is 0 Å². The average molecular weight is 288 g/mol. The molecular weight excluding hydrogens is 281 g/mol. The predicted octanol–water partition coefficient (Wildman–Crippen LogP) is 3.01. The Labute approximate surface area is 109 Å². The van der Waals surface area contributed by atoms with Gasteiger partial charge in [-0.2, -0.15) is 13.2 Å². The van der Waals surface area contributed by atoms with Crippen LogP contribution in [0.5, 0.6) is 0 Å². The second kappa shape index (κ2) is 4.96. The van der Waals surface area contributed by atoms with Gasteiger partial charge >= 0.3 is 12.1 Å². The standard InChI is InChI=1S/C11H7F3N2O2S/c1-18-10(17)8-5-19-9(16-8)6-4-15-3-2-7(6)11(12,13)14/h2-5H,1H3. The van der Waals surface area contributed by atoms with Gasteiger partial charge < -0.3 is 4.74 Å². The van der Waals surface area contributed by atoms with Crippen molar-refractivity contribution in [3.63, 3.8) is 0 Å². The first kappa shape index (κ1) is 13.5. The van der Waals surface area contributed by atoms with Gasteiger partial charge in [-0.25, -0.2) is 9.78 Å². The summed E-state index contributed by atoms with van der Waals surface area (Å²) in [6.07, 6.45) is -2.38. The van der Waals surface area contributed by atoms with Gasteiger partial charge in [-0.1, -0.05) is 0 Å². The van der Waals surface area contributed by atoms with E-state index in [1.807, 2.05) is 0 Å². The fourth-order valence-corrected chi connectivity index (χ4v) is 2.22. The van der Waals surface area contributed by atoms with Crippen molar-refractivity contribution in [2.75, 3.05) is 7.11 Å². The average Bonchev–Trinajstić information content (AvgIpc) is 2.86. The first-order chi connectivity index (χ1) is 8.93. The monoisotopic (exact) mass is 288 g/mol. The molecular formula is C11H7F3N2O2S. The summed E-state index contributed by atoms with van der Waals surface area (Å²) in [7, 11) is 1.17. The second-order valence-corrected chi connectivity index (χ2v) is 4.31. The maximum Gasteiger partial charge on any atom is 0.417 e. The number of carbonyl (C=O) groups is 1.